The standard InChI is InChI=1S/C12H20N2O4S/c1-17-11-3-5-12(6-4-11)19(15,16)14-8-2-9-18-10-7-13/h3-6,14H,2,7-10,13H2,1H3. The van der Waals surface area contributed by atoms with Crippen LogP contribution in [0.5, 0.6) is 5.75 Å². The van der Waals surface area contributed by atoms with E-state index in [9.17, 15) is 8.42 Å². The van der Waals surface area contributed by atoms with Crippen molar-refractivity contribution in [1.29, 1.82) is 0 Å². The van der Waals surface area contributed by atoms with Crippen molar-refractivity contribution in [3.05, 3.63) is 24.3 Å². The molecule has 19 heavy (non-hydrogen) atoms. The Morgan fingerprint density at radius 3 is 2.47 bits per heavy atom. The largest absolute Gasteiger partial charge is 0.497 e. The molecule has 0 unspecified atom stereocenters. The van der Waals surface area contributed by atoms with Gasteiger partial charge >= 0.3 is 0 Å². The van der Waals surface area contributed by atoms with Crippen LogP contribution in [0.15, 0.2) is 29.2 Å². The summed E-state index contributed by atoms with van der Waals surface area (Å²) in [5, 5.41) is 0. The maximum absolute atomic E-state index is 11.9. The van der Waals surface area contributed by atoms with Crippen LogP contribution in [0.4, 0.5) is 0 Å². The summed E-state index contributed by atoms with van der Waals surface area (Å²) in [6.45, 7) is 1.78. The second kappa shape index (κ2) is 8.11. The van der Waals surface area contributed by atoms with Gasteiger partial charge < -0.3 is 15.2 Å². The fraction of sp³-hybridized carbons (Fsp3) is 0.500. The number of ether oxygens (including phenoxy) is 2. The highest BCUT2D eigenvalue weighted by Gasteiger charge is 2.12. The zero-order valence-electron chi connectivity index (χ0n) is 11.0. The Morgan fingerprint density at radius 1 is 1.21 bits per heavy atom. The topological polar surface area (TPSA) is 90.7 Å². The monoisotopic (exact) mass is 288 g/mol. The molecular formula is C12H20N2O4S. The fourth-order valence-corrected chi connectivity index (χ4v) is 2.48. The van der Waals surface area contributed by atoms with E-state index in [1.165, 1.54) is 19.2 Å². The van der Waals surface area contributed by atoms with Gasteiger partial charge in [0.1, 0.15) is 5.75 Å². The molecule has 1 rings (SSSR count). The van der Waals surface area contributed by atoms with Crippen LogP contribution < -0.4 is 15.2 Å². The zero-order valence-corrected chi connectivity index (χ0v) is 11.8. The lowest BCUT2D eigenvalue weighted by atomic mass is 10.3. The van der Waals surface area contributed by atoms with Crippen molar-refractivity contribution in [2.75, 3.05) is 33.4 Å². The number of benzene rings is 1. The van der Waals surface area contributed by atoms with Crippen LogP contribution in [-0.4, -0.2) is 41.8 Å². The molecule has 0 aliphatic carbocycles. The second-order valence-electron chi connectivity index (χ2n) is 3.83. The Balaban J connectivity index is 2.42. The minimum Gasteiger partial charge on any atom is -0.497 e. The SMILES string of the molecule is COc1ccc(S(=O)(=O)NCCCOCCN)cc1. The molecule has 1 aromatic rings. The highest BCUT2D eigenvalue weighted by Crippen LogP contribution is 2.15. The molecule has 6 nitrogen and oxygen atoms in total. The predicted molar refractivity (Wildman–Crippen MR) is 72.7 cm³/mol. The lowest BCUT2D eigenvalue weighted by Gasteiger charge is -2.07. The summed E-state index contributed by atoms with van der Waals surface area (Å²) in [7, 11) is -1.93. The highest BCUT2D eigenvalue weighted by atomic mass is 32.2. The van der Waals surface area contributed by atoms with E-state index < -0.39 is 10.0 Å². The molecule has 0 heterocycles. The van der Waals surface area contributed by atoms with Gasteiger partial charge in [0.15, 0.2) is 0 Å². The average Bonchev–Trinajstić information content (AvgIpc) is 2.43. The average molecular weight is 288 g/mol. The number of sulfonamides is 1. The first-order valence-electron chi connectivity index (χ1n) is 6.01. The van der Waals surface area contributed by atoms with Gasteiger partial charge in [0.2, 0.25) is 10.0 Å². The van der Waals surface area contributed by atoms with Gasteiger partial charge in [-0.05, 0) is 30.7 Å². The summed E-state index contributed by atoms with van der Waals surface area (Å²) in [5.74, 6) is 0.620. The van der Waals surface area contributed by atoms with Crippen molar-refractivity contribution in [3.63, 3.8) is 0 Å². The van der Waals surface area contributed by atoms with Crippen molar-refractivity contribution in [2.24, 2.45) is 5.73 Å². The second-order valence-corrected chi connectivity index (χ2v) is 5.59. The van der Waals surface area contributed by atoms with E-state index in [1.54, 1.807) is 12.1 Å². The molecule has 0 spiro atoms. The van der Waals surface area contributed by atoms with Gasteiger partial charge in [-0.3, -0.25) is 0 Å². The molecule has 0 saturated heterocycles. The maximum atomic E-state index is 11.9. The van der Waals surface area contributed by atoms with E-state index in [-0.39, 0.29) is 4.90 Å². The molecule has 0 atom stereocenters. The van der Waals surface area contributed by atoms with E-state index >= 15 is 0 Å². The molecular weight excluding hydrogens is 268 g/mol. The molecule has 0 aliphatic rings. The Hall–Kier alpha value is -1.15. The van der Waals surface area contributed by atoms with Gasteiger partial charge in [-0.1, -0.05) is 0 Å². The molecule has 0 aliphatic heterocycles. The first-order chi connectivity index (χ1) is 9.10. The van der Waals surface area contributed by atoms with Gasteiger partial charge in [-0.25, -0.2) is 13.1 Å². The molecule has 0 saturated carbocycles. The molecule has 0 radical (unpaired) electrons. The predicted octanol–water partition coefficient (Wildman–Crippen LogP) is 0.339. The molecule has 0 bridgehead atoms. The number of nitrogens with two attached hydrogens (primary N) is 1. The van der Waals surface area contributed by atoms with Crippen LogP contribution in [0.2, 0.25) is 0 Å². The first-order valence-corrected chi connectivity index (χ1v) is 7.50. The molecule has 1 aromatic carbocycles. The number of nitrogens with one attached hydrogen (secondary N) is 1. The van der Waals surface area contributed by atoms with Crippen molar-refractivity contribution in [2.45, 2.75) is 11.3 Å². The van der Waals surface area contributed by atoms with Crippen molar-refractivity contribution >= 4 is 10.0 Å². The number of rotatable bonds is 9. The molecule has 3 N–H and O–H groups in total. The number of methoxy groups -OCH3 is 1. The summed E-state index contributed by atoms with van der Waals surface area (Å²) >= 11 is 0. The third-order valence-corrected chi connectivity index (χ3v) is 3.87. The third-order valence-electron chi connectivity index (χ3n) is 2.39. The molecule has 0 amide bonds. The third kappa shape index (κ3) is 5.56. The van der Waals surface area contributed by atoms with E-state index in [0.717, 1.165) is 0 Å². The van der Waals surface area contributed by atoms with Crippen LogP contribution in [0, 0.1) is 0 Å². The summed E-state index contributed by atoms with van der Waals surface area (Å²) < 4.78 is 36.5. The van der Waals surface area contributed by atoms with Crippen LogP contribution in [0.3, 0.4) is 0 Å². The smallest absolute Gasteiger partial charge is 0.240 e. The molecule has 0 fully saturated rings. The van der Waals surface area contributed by atoms with Crippen LogP contribution >= 0.6 is 0 Å². The first kappa shape index (κ1) is 15.9. The minimum atomic E-state index is -3.46. The number of hydrogen-bond acceptors (Lipinski definition) is 5. The van der Waals surface area contributed by atoms with Crippen molar-refractivity contribution in [3.8, 4) is 5.75 Å². The molecule has 0 aromatic heterocycles. The van der Waals surface area contributed by atoms with Crippen LogP contribution in [0.1, 0.15) is 6.42 Å². The number of hydrogen-bond donors (Lipinski definition) is 2. The van der Waals surface area contributed by atoms with Crippen LogP contribution in [-0.2, 0) is 14.8 Å². The zero-order chi connectivity index (χ0) is 14.1. The van der Waals surface area contributed by atoms with Gasteiger partial charge in [0, 0.05) is 19.7 Å². The summed E-state index contributed by atoms with van der Waals surface area (Å²) in [6, 6.07) is 6.23. The summed E-state index contributed by atoms with van der Waals surface area (Å²) in [6.07, 6.45) is 0.607. The normalized spacial score (nSPS) is 11.5. The van der Waals surface area contributed by atoms with Crippen molar-refractivity contribution < 1.29 is 17.9 Å². The molecule has 7 heteroatoms. The van der Waals surface area contributed by atoms with Crippen molar-refractivity contribution in [1.82, 2.24) is 4.72 Å². The van der Waals surface area contributed by atoms with Crippen LogP contribution in [0.25, 0.3) is 0 Å². The minimum absolute atomic E-state index is 0.219. The Kier molecular flexibility index (Phi) is 6.79. The van der Waals surface area contributed by atoms with Gasteiger partial charge in [0.05, 0.1) is 18.6 Å². The Morgan fingerprint density at radius 2 is 1.89 bits per heavy atom. The summed E-state index contributed by atoms with van der Waals surface area (Å²) in [5.41, 5.74) is 5.27. The van der Waals surface area contributed by atoms with E-state index in [4.69, 9.17) is 15.2 Å². The van der Waals surface area contributed by atoms with E-state index in [2.05, 4.69) is 4.72 Å². The Labute approximate surface area is 113 Å². The maximum Gasteiger partial charge on any atom is 0.240 e. The van der Waals surface area contributed by atoms with Gasteiger partial charge in [0.25, 0.3) is 0 Å². The lowest BCUT2D eigenvalue weighted by Crippen LogP contribution is -2.25. The fourth-order valence-electron chi connectivity index (χ4n) is 1.40. The summed E-state index contributed by atoms with van der Waals surface area (Å²) in [4.78, 5) is 0.219. The Bertz CT molecular complexity index is 459. The van der Waals surface area contributed by atoms with Gasteiger partial charge in [-0.15, -0.1) is 0 Å². The van der Waals surface area contributed by atoms with E-state index in [0.29, 0.717) is 38.5 Å². The lowest BCUT2D eigenvalue weighted by molar-refractivity contribution is 0.140. The highest BCUT2D eigenvalue weighted by molar-refractivity contribution is 7.89. The van der Waals surface area contributed by atoms with Gasteiger partial charge in [-0.2, -0.15) is 0 Å². The quantitative estimate of drug-likeness (QED) is 0.639. The molecule has 108 valence electrons. The van der Waals surface area contributed by atoms with E-state index in [1.807, 2.05) is 0 Å².